The fraction of sp³-hybridized carbons (Fsp3) is 0.0769. The molecule has 0 N–H and O–H groups in total. The van der Waals surface area contributed by atoms with Gasteiger partial charge in [0.1, 0.15) is 0 Å². The van der Waals surface area contributed by atoms with Crippen LogP contribution in [-0.4, -0.2) is 11.3 Å². The number of hydrogen-bond acceptors (Lipinski definition) is 2. The van der Waals surface area contributed by atoms with E-state index in [2.05, 4.69) is 4.98 Å². The number of benzene rings is 1. The van der Waals surface area contributed by atoms with E-state index in [9.17, 15) is 26.7 Å². The molecular formula is C13H6F5NO. The first-order valence-corrected chi connectivity index (χ1v) is 5.31. The summed E-state index contributed by atoms with van der Waals surface area (Å²) in [4.78, 5) is 14.3. The highest BCUT2D eigenvalue weighted by Gasteiger charge is 2.32. The maximum Gasteiger partial charge on any atom is 0.417 e. The summed E-state index contributed by atoms with van der Waals surface area (Å²) in [5, 5.41) is 0. The van der Waals surface area contributed by atoms with Gasteiger partial charge in [-0.2, -0.15) is 13.2 Å². The molecule has 0 amide bonds. The van der Waals surface area contributed by atoms with Crippen LogP contribution < -0.4 is 0 Å². The normalized spacial score (nSPS) is 11.4. The van der Waals surface area contributed by atoms with E-state index in [0.29, 0.717) is 12.3 Å². The van der Waals surface area contributed by atoms with Crippen LogP contribution in [0.5, 0.6) is 0 Å². The third kappa shape index (κ3) is 2.52. The number of halogens is 5. The van der Waals surface area contributed by atoms with Crippen LogP contribution in [0, 0.1) is 11.6 Å². The van der Waals surface area contributed by atoms with Gasteiger partial charge in [-0.15, -0.1) is 0 Å². The van der Waals surface area contributed by atoms with Crippen LogP contribution in [0.1, 0.15) is 15.9 Å². The molecule has 20 heavy (non-hydrogen) atoms. The van der Waals surface area contributed by atoms with Crippen molar-refractivity contribution >= 4 is 6.29 Å². The molecule has 2 rings (SSSR count). The van der Waals surface area contributed by atoms with Crippen LogP contribution in [0.25, 0.3) is 11.3 Å². The van der Waals surface area contributed by atoms with Crippen molar-refractivity contribution in [1.82, 2.24) is 4.98 Å². The van der Waals surface area contributed by atoms with Gasteiger partial charge in [-0.25, -0.2) is 8.78 Å². The zero-order valence-electron chi connectivity index (χ0n) is 9.71. The summed E-state index contributed by atoms with van der Waals surface area (Å²) in [5.74, 6) is -2.45. The van der Waals surface area contributed by atoms with Crippen molar-refractivity contribution in [3.05, 3.63) is 53.2 Å². The van der Waals surface area contributed by atoms with Gasteiger partial charge in [-0.1, -0.05) is 6.07 Å². The monoisotopic (exact) mass is 287 g/mol. The van der Waals surface area contributed by atoms with Gasteiger partial charge in [0.05, 0.1) is 11.3 Å². The lowest BCUT2D eigenvalue weighted by atomic mass is 10.0. The Bertz CT molecular complexity index is 666. The molecule has 0 fully saturated rings. The number of aromatic nitrogens is 1. The Morgan fingerprint density at radius 1 is 1.15 bits per heavy atom. The van der Waals surface area contributed by atoms with Gasteiger partial charge in [0.2, 0.25) is 0 Å². The topological polar surface area (TPSA) is 30.0 Å². The number of carbonyl (C=O) groups is 1. The summed E-state index contributed by atoms with van der Waals surface area (Å²) in [6, 6.07) is 3.69. The summed E-state index contributed by atoms with van der Waals surface area (Å²) in [6.45, 7) is 0. The van der Waals surface area contributed by atoms with E-state index in [1.807, 2.05) is 0 Å². The standard InChI is InChI=1S/C13H6F5NO/c14-10-3-1-2-9(11(10)15)12-7(6-20)4-8(5-19-12)13(16,17)18/h1-6H. The average molecular weight is 287 g/mol. The highest BCUT2D eigenvalue weighted by atomic mass is 19.4. The molecule has 0 aliphatic heterocycles. The minimum absolute atomic E-state index is 0.113. The number of pyridine rings is 1. The zero-order chi connectivity index (χ0) is 14.9. The molecule has 0 spiro atoms. The zero-order valence-corrected chi connectivity index (χ0v) is 9.71. The third-order valence-electron chi connectivity index (χ3n) is 2.58. The largest absolute Gasteiger partial charge is 0.417 e. The van der Waals surface area contributed by atoms with Crippen LogP contribution in [0.4, 0.5) is 22.0 Å². The molecule has 0 saturated heterocycles. The summed E-state index contributed by atoms with van der Waals surface area (Å²) >= 11 is 0. The number of rotatable bonds is 2. The lowest BCUT2D eigenvalue weighted by Gasteiger charge is -2.10. The molecule has 7 heteroatoms. The van der Waals surface area contributed by atoms with Crippen LogP contribution >= 0.6 is 0 Å². The van der Waals surface area contributed by atoms with Crippen molar-refractivity contribution in [2.75, 3.05) is 0 Å². The number of hydrogen-bond donors (Lipinski definition) is 0. The van der Waals surface area contributed by atoms with E-state index in [0.717, 1.165) is 12.1 Å². The molecule has 0 atom stereocenters. The molecule has 0 unspecified atom stereocenters. The molecule has 2 nitrogen and oxygen atoms in total. The van der Waals surface area contributed by atoms with Crippen molar-refractivity contribution < 1.29 is 26.7 Å². The summed E-state index contributed by atoms with van der Waals surface area (Å²) in [6.07, 6.45) is -4.10. The van der Waals surface area contributed by atoms with Crippen molar-refractivity contribution in [2.45, 2.75) is 6.18 Å². The van der Waals surface area contributed by atoms with E-state index in [4.69, 9.17) is 0 Å². The van der Waals surface area contributed by atoms with Gasteiger partial charge >= 0.3 is 6.18 Å². The number of carbonyl (C=O) groups excluding carboxylic acids is 1. The Kier molecular flexibility index (Phi) is 3.52. The summed E-state index contributed by atoms with van der Waals surface area (Å²) in [5.41, 5.74) is -2.32. The molecule has 0 aliphatic rings. The Morgan fingerprint density at radius 3 is 2.45 bits per heavy atom. The lowest BCUT2D eigenvalue weighted by molar-refractivity contribution is -0.137. The van der Waals surface area contributed by atoms with Gasteiger partial charge < -0.3 is 0 Å². The molecule has 1 heterocycles. The Labute approximate surface area is 109 Å². The Balaban J connectivity index is 2.64. The van der Waals surface area contributed by atoms with Crippen molar-refractivity contribution in [1.29, 1.82) is 0 Å². The highest BCUT2D eigenvalue weighted by molar-refractivity contribution is 5.86. The van der Waals surface area contributed by atoms with Crippen LogP contribution in [0.15, 0.2) is 30.5 Å². The first-order valence-electron chi connectivity index (χ1n) is 5.31. The Hall–Kier alpha value is -2.31. The minimum Gasteiger partial charge on any atom is -0.298 e. The summed E-state index contributed by atoms with van der Waals surface area (Å²) in [7, 11) is 0. The predicted molar refractivity (Wildman–Crippen MR) is 60.0 cm³/mol. The maximum atomic E-state index is 13.6. The fourth-order valence-corrected chi connectivity index (χ4v) is 1.64. The fourth-order valence-electron chi connectivity index (χ4n) is 1.64. The minimum atomic E-state index is -4.68. The van der Waals surface area contributed by atoms with Gasteiger partial charge in [-0.3, -0.25) is 9.78 Å². The predicted octanol–water partition coefficient (Wildman–Crippen LogP) is 3.86. The van der Waals surface area contributed by atoms with Gasteiger partial charge in [-0.05, 0) is 18.2 Å². The summed E-state index contributed by atoms with van der Waals surface area (Å²) < 4.78 is 64.2. The second-order valence-corrected chi connectivity index (χ2v) is 3.88. The molecular weight excluding hydrogens is 281 g/mol. The third-order valence-corrected chi connectivity index (χ3v) is 2.58. The second-order valence-electron chi connectivity index (χ2n) is 3.88. The molecule has 104 valence electrons. The van der Waals surface area contributed by atoms with Crippen molar-refractivity contribution in [2.24, 2.45) is 0 Å². The van der Waals surface area contributed by atoms with E-state index >= 15 is 0 Å². The molecule has 0 saturated carbocycles. The highest BCUT2D eigenvalue weighted by Crippen LogP contribution is 2.32. The van der Waals surface area contributed by atoms with Crippen LogP contribution in [0.2, 0.25) is 0 Å². The number of alkyl halides is 3. The first kappa shape index (κ1) is 14.1. The van der Waals surface area contributed by atoms with E-state index in [1.54, 1.807) is 0 Å². The van der Waals surface area contributed by atoms with E-state index in [1.165, 1.54) is 6.07 Å². The van der Waals surface area contributed by atoms with E-state index < -0.39 is 28.9 Å². The van der Waals surface area contributed by atoms with Gasteiger partial charge in [0.25, 0.3) is 0 Å². The quantitative estimate of drug-likeness (QED) is 0.620. The van der Waals surface area contributed by atoms with Gasteiger partial charge in [0.15, 0.2) is 17.9 Å². The molecule has 1 aromatic heterocycles. The number of nitrogens with zero attached hydrogens (tertiary/aromatic N) is 1. The van der Waals surface area contributed by atoms with Gasteiger partial charge in [0, 0.05) is 17.3 Å². The van der Waals surface area contributed by atoms with Crippen molar-refractivity contribution in [3.8, 4) is 11.3 Å². The molecule has 2 aromatic rings. The van der Waals surface area contributed by atoms with Crippen LogP contribution in [0.3, 0.4) is 0 Å². The molecule has 0 aliphatic carbocycles. The molecule has 0 bridgehead atoms. The second kappa shape index (κ2) is 4.99. The lowest BCUT2D eigenvalue weighted by Crippen LogP contribution is -2.08. The van der Waals surface area contributed by atoms with E-state index in [-0.39, 0.29) is 17.5 Å². The van der Waals surface area contributed by atoms with Crippen LogP contribution in [-0.2, 0) is 6.18 Å². The van der Waals surface area contributed by atoms with Crippen molar-refractivity contribution in [3.63, 3.8) is 0 Å². The molecule has 1 aromatic carbocycles. The Morgan fingerprint density at radius 2 is 1.85 bits per heavy atom. The SMILES string of the molecule is O=Cc1cc(C(F)(F)F)cnc1-c1cccc(F)c1F. The first-order chi connectivity index (χ1) is 9.34. The smallest absolute Gasteiger partial charge is 0.298 e. The number of aldehydes is 1. The average Bonchev–Trinajstić information content (AvgIpc) is 2.40. The molecule has 0 radical (unpaired) electrons. The maximum absolute atomic E-state index is 13.6.